The highest BCUT2D eigenvalue weighted by Crippen LogP contribution is 2.31. The largest absolute Gasteiger partial charge is 0.459 e. The summed E-state index contributed by atoms with van der Waals surface area (Å²) >= 11 is 0. The molecule has 8 heteroatoms. The number of aliphatic hydroxyl groups is 1. The third-order valence-corrected chi connectivity index (χ3v) is 2.55. The Hall–Kier alpha value is -1.34. The third kappa shape index (κ3) is 1.83. The predicted molar refractivity (Wildman–Crippen MR) is 49.1 cm³/mol. The van der Waals surface area contributed by atoms with Crippen LogP contribution < -0.4 is 0 Å². The van der Waals surface area contributed by atoms with Gasteiger partial charge in [-0.1, -0.05) is 5.11 Å². The average Bonchev–Trinajstić information content (AvgIpc) is 2.66. The third-order valence-electron chi connectivity index (χ3n) is 2.55. The number of fused-ring (bicyclic) bond motifs is 2. The van der Waals surface area contributed by atoms with Gasteiger partial charge in [-0.25, -0.2) is 0 Å². The smallest absolute Gasteiger partial charge is 0.303 e. The lowest BCUT2D eigenvalue weighted by atomic mass is 9.99. The van der Waals surface area contributed by atoms with Crippen LogP contribution in [0.2, 0.25) is 0 Å². The summed E-state index contributed by atoms with van der Waals surface area (Å²) in [4.78, 5) is 13.5. The van der Waals surface area contributed by atoms with Gasteiger partial charge in [0.15, 0.2) is 6.29 Å². The summed E-state index contributed by atoms with van der Waals surface area (Å²) in [6.07, 6.45) is -3.26. The molecule has 1 unspecified atom stereocenters. The minimum Gasteiger partial charge on any atom is -0.459 e. The lowest BCUT2D eigenvalue weighted by Crippen LogP contribution is -2.54. The van der Waals surface area contributed by atoms with Crippen molar-refractivity contribution in [3.05, 3.63) is 10.4 Å². The number of aliphatic hydroxyl groups excluding tert-OH is 1. The zero-order chi connectivity index (χ0) is 11.7. The van der Waals surface area contributed by atoms with Gasteiger partial charge in [0.05, 0.1) is 6.61 Å². The van der Waals surface area contributed by atoms with E-state index in [1.807, 2.05) is 0 Å². The fourth-order valence-corrected chi connectivity index (χ4v) is 1.88. The van der Waals surface area contributed by atoms with Gasteiger partial charge in [-0.3, -0.25) is 4.79 Å². The van der Waals surface area contributed by atoms with Crippen molar-refractivity contribution >= 4 is 5.97 Å². The Morgan fingerprint density at radius 2 is 2.44 bits per heavy atom. The quantitative estimate of drug-likeness (QED) is 0.302. The molecule has 0 amide bonds. The van der Waals surface area contributed by atoms with Gasteiger partial charge in [0.2, 0.25) is 0 Å². The van der Waals surface area contributed by atoms with Crippen molar-refractivity contribution in [2.45, 2.75) is 37.6 Å². The lowest BCUT2D eigenvalue weighted by molar-refractivity contribution is -0.196. The number of ether oxygens (including phenoxy) is 3. The topological polar surface area (TPSA) is 114 Å². The van der Waals surface area contributed by atoms with Gasteiger partial charge in [0.25, 0.3) is 0 Å². The number of hydrogen-bond donors (Lipinski definition) is 1. The minimum absolute atomic E-state index is 0.195. The van der Waals surface area contributed by atoms with E-state index in [9.17, 15) is 9.90 Å². The van der Waals surface area contributed by atoms with Crippen LogP contribution >= 0.6 is 0 Å². The lowest BCUT2D eigenvalue weighted by Gasteiger charge is -2.35. The Labute approximate surface area is 90.7 Å². The van der Waals surface area contributed by atoms with Crippen LogP contribution in [0.15, 0.2) is 5.11 Å². The van der Waals surface area contributed by atoms with Crippen LogP contribution in [0.4, 0.5) is 0 Å². The number of esters is 1. The predicted octanol–water partition coefficient (Wildman–Crippen LogP) is -0.287. The zero-order valence-electron chi connectivity index (χ0n) is 8.52. The molecule has 16 heavy (non-hydrogen) atoms. The van der Waals surface area contributed by atoms with Crippen LogP contribution in [0, 0.1) is 0 Å². The first kappa shape index (κ1) is 11.2. The summed E-state index contributed by atoms with van der Waals surface area (Å²) in [7, 11) is 0. The zero-order valence-corrected chi connectivity index (χ0v) is 8.52. The van der Waals surface area contributed by atoms with Crippen LogP contribution in [0.1, 0.15) is 6.92 Å². The van der Waals surface area contributed by atoms with E-state index >= 15 is 0 Å². The molecule has 0 aromatic carbocycles. The van der Waals surface area contributed by atoms with Gasteiger partial charge in [0.1, 0.15) is 24.4 Å². The first-order valence-electron chi connectivity index (χ1n) is 4.80. The maximum atomic E-state index is 10.9. The molecule has 0 aliphatic carbocycles. The molecule has 1 N–H and O–H groups in total. The summed E-state index contributed by atoms with van der Waals surface area (Å²) in [6.45, 7) is 1.42. The van der Waals surface area contributed by atoms with Gasteiger partial charge < -0.3 is 19.3 Å². The fourth-order valence-electron chi connectivity index (χ4n) is 1.88. The summed E-state index contributed by atoms with van der Waals surface area (Å²) in [5.74, 6) is -0.552. The van der Waals surface area contributed by atoms with Gasteiger partial charge in [-0.2, -0.15) is 0 Å². The molecule has 0 aromatic heterocycles. The van der Waals surface area contributed by atoms with Crippen molar-refractivity contribution in [1.29, 1.82) is 0 Å². The molecule has 0 radical (unpaired) electrons. The van der Waals surface area contributed by atoms with Crippen LogP contribution in [0.25, 0.3) is 10.4 Å². The first-order valence-corrected chi connectivity index (χ1v) is 4.80. The molecule has 0 aromatic rings. The summed E-state index contributed by atoms with van der Waals surface area (Å²) in [5.41, 5.74) is 8.41. The van der Waals surface area contributed by atoms with Gasteiger partial charge in [-0.15, -0.1) is 0 Å². The highest BCUT2D eigenvalue weighted by Gasteiger charge is 2.51. The molecular weight excluding hydrogens is 218 g/mol. The van der Waals surface area contributed by atoms with E-state index in [1.54, 1.807) is 0 Å². The first-order chi connectivity index (χ1) is 7.63. The Morgan fingerprint density at radius 3 is 3.06 bits per heavy atom. The van der Waals surface area contributed by atoms with Crippen LogP contribution in [-0.2, 0) is 19.0 Å². The standard InChI is InChI=1S/C8H11N3O5/c1-3(12)15-7-5(10-11-9)8-14-2-4(16-8)6(7)13/h4-8,13H,2H2,1H3/t4-,5-,6?,7-,8+/m1/s1. The Kier molecular flexibility index (Phi) is 2.97. The highest BCUT2D eigenvalue weighted by molar-refractivity contribution is 5.66. The van der Waals surface area contributed by atoms with Crippen LogP contribution in [0.5, 0.6) is 0 Å². The Bertz CT molecular complexity index is 343. The van der Waals surface area contributed by atoms with Crippen LogP contribution in [0.3, 0.4) is 0 Å². The molecule has 2 fully saturated rings. The molecule has 8 nitrogen and oxygen atoms in total. The van der Waals surface area contributed by atoms with Crippen molar-refractivity contribution < 1.29 is 24.1 Å². The maximum absolute atomic E-state index is 10.9. The number of nitrogens with zero attached hydrogens (tertiary/aromatic N) is 3. The SMILES string of the molecule is CC(=O)O[C@H]1C(O)[C@H]2CO[C@@H](O2)[C@@H]1N=[N+]=[N-]. The second-order valence-electron chi connectivity index (χ2n) is 3.64. The molecule has 88 valence electrons. The minimum atomic E-state index is -1.04. The molecule has 5 atom stereocenters. The van der Waals surface area contributed by atoms with E-state index in [0.29, 0.717) is 0 Å². The van der Waals surface area contributed by atoms with E-state index in [2.05, 4.69) is 10.0 Å². The highest BCUT2D eigenvalue weighted by atomic mass is 16.7. The maximum Gasteiger partial charge on any atom is 0.303 e. The molecule has 2 aliphatic rings. The summed E-state index contributed by atoms with van der Waals surface area (Å²) in [6, 6.07) is -0.859. The molecule has 0 saturated carbocycles. The summed E-state index contributed by atoms with van der Waals surface area (Å²) < 4.78 is 15.4. The van der Waals surface area contributed by atoms with Crippen molar-refractivity contribution in [3.8, 4) is 0 Å². The summed E-state index contributed by atoms with van der Waals surface area (Å²) in [5, 5.41) is 13.3. The van der Waals surface area contributed by atoms with Crippen molar-refractivity contribution in [2.75, 3.05) is 6.61 Å². The van der Waals surface area contributed by atoms with Gasteiger partial charge in [-0.05, 0) is 5.53 Å². The average molecular weight is 229 g/mol. The van der Waals surface area contributed by atoms with Gasteiger partial charge >= 0.3 is 5.97 Å². The van der Waals surface area contributed by atoms with Gasteiger partial charge in [0, 0.05) is 11.8 Å². The molecule has 0 spiro atoms. The van der Waals surface area contributed by atoms with E-state index in [0.717, 1.165) is 0 Å². The Morgan fingerprint density at radius 1 is 1.69 bits per heavy atom. The molecule has 2 bridgehead atoms. The van der Waals surface area contributed by atoms with Crippen LogP contribution in [-0.4, -0.2) is 48.3 Å². The molecule has 2 saturated heterocycles. The van der Waals surface area contributed by atoms with E-state index in [4.69, 9.17) is 19.7 Å². The fraction of sp³-hybridized carbons (Fsp3) is 0.875. The van der Waals surface area contributed by atoms with E-state index < -0.39 is 36.6 Å². The second-order valence-corrected chi connectivity index (χ2v) is 3.64. The number of azide groups is 1. The Balaban J connectivity index is 2.22. The normalized spacial score (nSPS) is 41.2. The van der Waals surface area contributed by atoms with E-state index in [-0.39, 0.29) is 6.61 Å². The van der Waals surface area contributed by atoms with Crippen molar-refractivity contribution in [3.63, 3.8) is 0 Å². The molecule has 2 rings (SSSR count). The molecule has 2 aliphatic heterocycles. The molecule has 2 heterocycles. The van der Waals surface area contributed by atoms with E-state index in [1.165, 1.54) is 6.92 Å². The number of hydrogen-bond acceptors (Lipinski definition) is 6. The number of carbonyl (C=O) groups excluding carboxylic acids is 1. The van der Waals surface area contributed by atoms with Crippen molar-refractivity contribution in [2.24, 2.45) is 5.11 Å². The number of carbonyl (C=O) groups is 1. The number of rotatable bonds is 2. The molecular formula is C8H11N3O5. The van der Waals surface area contributed by atoms with Crippen molar-refractivity contribution in [1.82, 2.24) is 0 Å². The monoisotopic (exact) mass is 229 g/mol. The second kappa shape index (κ2) is 4.26.